The number of benzene rings is 1. The van der Waals surface area contributed by atoms with Crippen LogP contribution in [-0.2, 0) is 16.1 Å². The number of fused-ring (bicyclic) bond motifs is 1. The number of methoxy groups -OCH3 is 1. The lowest BCUT2D eigenvalue weighted by molar-refractivity contribution is -0.123. The molecule has 1 heterocycles. The predicted octanol–water partition coefficient (Wildman–Crippen LogP) is 0.362. The molecule has 3 N–H and O–H groups in total. The highest BCUT2D eigenvalue weighted by atomic mass is 16.7. The number of rotatable bonds is 7. The van der Waals surface area contributed by atoms with Gasteiger partial charge in [0.25, 0.3) is 0 Å². The Morgan fingerprint density at radius 3 is 2.86 bits per heavy atom. The third-order valence-corrected chi connectivity index (χ3v) is 3.17. The second kappa shape index (κ2) is 7.14. The molecule has 116 valence electrons. The lowest BCUT2D eigenvalue weighted by Crippen LogP contribution is -2.42. The number of nitrogens with one attached hydrogen (secondary N) is 2. The molecule has 0 radical (unpaired) electrons. The summed E-state index contributed by atoms with van der Waals surface area (Å²) in [5, 5.41) is 15.7. The van der Waals surface area contributed by atoms with Gasteiger partial charge in [0.05, 0.1) is 12.6 Å². The summed E-state index contributed by atoms with van der Waals surface area (Å²) in [6.45, 7) is 3.20. The van der Waals surface area contributed by atoms with Gasteiger partial charge in [0.1, 0.15) is 5.75 Å². The van der Waals surface area contributed by atoms with Crippen molar-refractivity contribution < 1.29 is 24.1 Å². The molecule has 1 unspecified atom stereocenters. The summed E-state index contributed by atoms with van der Waals surface area (Å²) >= 11 is 0. The number of aromatic hydroxyl groups is 1. The van der Waals surface area contributed by atoms with E-state index < -0.39 is 0 Å². The van der Waals surface area contributed by atoms with Crippen LogP contribution in [0.1, 0.15) is 12.5 Å². The van der Waals surface area contributed by atoms with Crippen LogP contribution in [0.15, 0.2) is 12.1 Å². The van der Waals surface area contributed by atoms with Gasteiger partial charge in [-0.3, -0.25) is 4.79 Å². The summed E-state index contributed by atoms with van der Waals surface area (Å²) in [6, 6.07) is 2.84. The average Bonchev–Trinajstić information content (AvgIpc) is 2.91. The smallest absolute Gasteiger partial charge is 0.236 e. The van der Waals surface area contributed by atoms with E-state index in [2.05, 4.69) is 10.6 Å². The van der Waals surface area contributed by atoms with Crippen molar-refractivity contribution >= 4 is 5.91 Å². The van der Waals surface area contributed by atoms with Gasteiger partial charge < -0.3 is 30.0 Å². The molecule has 1 aliphatic rings. The van der Waals surface area contributed by atoms with Gasteiger partial charge in [-0.1, -0.05) is 0 Å². The fourth-order valence-corrected chi connectivity index (χ4v) is 1.90. The van der Waals surface area contributed by atoms with Crippen LogP contribution in [0.5, 0.6) is 17.2 Å². The van der Waals surface area contributed by atoms with E-state index in [1.165, 1.54) is 6.07 Å². The minimum Gasteiger partial charge on any atom is -0.507 e. The maximum Gasteiger partial charge on any atom is 0.236 e. The minimum absolute atomic E-state index is 0.110. The Bertz CT molecular complexity index is 506. The number of phenols is 1. The SMILES string of the molecule is COCCNC(=O)C(C)NCc1cc2c(cc1O)OCO2. The molecule has 0 aliphatic carbocycles. The zero-order valence-electron chi connectivity index (χ0n) is 12.1. The summed E-state index contributed by atoms with van der Waals surface area (Å²) in [5.74, 6) is 1.12. The zero-order chi connectivity index (χ0) is 15.2. The van der Waals surface area contributed by atoms with Gasteiger partial charge in [0.2, 0.25) is 12.7 Å². The van der Waals surface area contributed by atoms with E-state index in [4.69, 9.17) is 14.2 Å². The molecule has 21 heavy (non-hydrogen) atoms. The molecule has 1 aromatic rings. The van der Waals surface area contributed by atoms with E-state index in [1.807, 2.05) is 0 Å². The molecule has 1 aromatic carbocycles. The van der Waals surface area contributed by atoms with Gasteiger partial charge in [-0.15, -0.1) is 0 Å². The zero-order valence-corrected chi connectivity index (χ0v) is 12.1. The maximum atomic E-state index is 11.8. The number of carbonyl (C=O) groups excluding carboxylic acids is 1. The highest BCUT2D eigenvalue weighted by Gasteiger charge is 2.18. The van der Waals surface area contributed by atoms with Gasteiger partial charge in [0, 0.05) is 31.8 Å². The van der Waals surface area contributed by atoms with Crippen molar-refractivity contribution in [3.63, 3.8) is 0 Å². The molecular formula is C14H20N2O5. The highest BCUT2D eigenvalue weighted by molar-refractivity contribution is 5.81. The standard InChI is InChI=1S/C14H20N2O5/c1-9(14(18)15-3-4-19-2)16-7-10-5-12-13(6-11(10)17)21-8-20-12/h5-6,9,16-17H,3-4,7-8H2,1-2H3,(H,15,18). The van der Waals surface area contributed by atoms with Gasteiger partial charge in [-0.2, -0.15) is 0 Å². The molecule has 0 aromatic heterocycles. The average molecular weight is 296 g/mol. The van der Waals surface area contributed by atoms with Crippen molar-refractivity contribution in [1.29, 1.82) is 0 Å². The van der Waals surface area contributed by atoms with Gasteiger partial charge >= 0.3 is 0 Å². The number of hydrogen-bond acceptors (Lipinski definition) is 6. The molecule has 2 rings (SSSR count). The summed E-state index contributed by atoms with van der Waals surface area (Å²) in [4.78, 5) is 11.8. The Hall–Kier alpha value is -1.99. The Kier molecular flexibility index (Phi) is 5.24. The molecule has 7 nitrogen and oxygen atoms in total. The van der Waals surface area contributed by atoms with Crippen LogP contribution in [0.2, 0.25) is 0 Å². The topological polar surface area (TPSA) is 89.1 Å². The van der Waals surface area contributed by atoms with Crippen LogP contribution >= 0.6 is 0 Å². The van der Waals surface area contributed by atoms with E-state index in [0.29, 0.717) is 36.8 Å². The van der Waals surface area contributed by atoms with Crippen molar-refractivity contribution in [2.24, 2.45) is 0 Å². The van der Waals surface area contributed by atoms with Crippen molar-refractivity contribution in [3.05, 3.63) is 17.7 Å². The van der Waals surface area contributed by atoms with Crippen LogP contribution < -0.4 is 20.1 Å². The molecule has 1 atom stereocenters. The molecule has 0 spiro atoms. The van der Waals surface area contributed by atoms with Crippen LogP contribution in [0, 0.1) is 0 Å². The quantitative estimate of drug-likeness (QED) is 0.630. The Morgan fingerprint density at radius 2 is 2.14 bits per heavy atom. The lowest BCUT2D eigenvalue weighted by atomic mass is 10.1. The van der Waals surface area contributed by atoms with Crippen LogP contribution in [0.4, 0.5) is 0 Å². The van der Waals surface area contributed by atoms with Crippen LogP contribution in [0.3, 0.4) is 0 Å². The predicted molar refractivity (Wildman–Crippen MR) is 75.4 cm³/mol. The molecule has 0 saturated heterocycles. The first-order valence-electron chi connectivity index (χ1n) is 6.73. The largest absolute Gasteiger partial charge is 0.507 e. The highest BCUT2D eigenvalue weighted by Crippen LogP contribution is 2.37. The number of ether oxygens (including phenoxy) is 3. The fraction of sp³-hybridized carbons (Fsp3) is 0.500. The molecule has 1 aliphatic heterocycles. The summed E-state index contributed by atoms with van der Waals surface area (Å²) in [6.07, 6.45) is 0. The van der Waals surface area contributed by atoms with Gasteiger partial charge in [0.15, 0.2) is 11.5 Å². The van der Waals surface area contributed by atoms with E-state index in [9.17, 15) is 9.90 Å². The van der Waals surface area contributed by atoms with Crippen molar-refractivity contribution in [1.82, 2.24) is 10.6 Å². The van der Waals surface area contributed by atoms with E-state index in [0.717, 1.165) is 0 Å². The second-order valence-corrected chi connectivity index (χ2v) is 4.72. The first kappa shape index (κ1) is 15.4. The molecule has 7 heteroatoms. The summed E-state index contributed by atoms with van der Waals surface area (Å²) < 4.78 is 15.3. The molecule has 0 bridgehead atoms. The maximum absolute atomic E-state index is 11.8. The number of carbonyl (C=O) groups is 1. The lowest BCUT2D eigenvalue weighted by Gasteiger charge is -2.14. The van der Waals surface area contributed by atoms with Gasteiger partial charge in [-0.25, -0.2) is 0 Å². The summed E-state index contributed by atoms with van der Waals surface area (Å²) in [7, 11) is 1.58. The monoisotopic (exact) mass is 296 g/mol. The normalized spacial score (nSPS) is 14.0. The Labute approximate surface area is 123 Å². The molecule has 0 fully saturated rings. The third-order valence-electron chi connectivity index (χ3n) is 3.17. The number of phenolic OH excluding ortho intramolecular Hbond substituents is 1. The Balaban J connectivity index is 1.86. The van der Waals surface area contributed by atoms with Gasteiger partial charge in [-0.05, 0) is 13.0 Å². The van der Waals surface area contributed by atoms with Crippen molar-refractivity contribution in [3.8, 4) is 17.2 Å². The first-order valence-corrected chi connectivity index (χ1v) is 6.73. The molecule has 0 saturated carbocycles. The number of hydrogen-bond donors (Lipinski definition) is 3. The fourth-order valence-electron chi connectivity index (χ4n) is 1.90. The first-order chi connectivity index (χ1) is 10.1. The van der Waals surface area contributed by atoms with Crippen LogP contribution in [0.25, 0.3) is 0 Å². The van der Waals surface area contributed by atoms with Crippen molar-refractivity contribution in [2.45, 2.75) is 19.5 Å². The van der Waals surface area contributed by atoms with E-state index in [-0.39, 0.29) is 24.5 Å². The minimum atomic E-state index is -0.383. The van der Waals surface area contributed by atoms with Crippen LogP contribution in [-0.4, -0.2) is 44.1 Å². The second-order valence-electron chi connectivity index (χ2n) is 4.72. The Morgan fingerprint density at radius 1 is 1.43 bits per heavy atom. The molecule has 1 amide bonds. The number of amides is 1. The van der Waals surface area contributed by atoms with Crippen molar-refractivity contribution in [2.75, 3.05) is 27.1 Å². The van der Waals surface area contributed by atoms with E-state index in [1.54, 1.807) is 20.1 Å². The van der Waals surface area contributed by atoms with E-state index >= 15 is 0 Å². The summed E-state index contributed by atoms with van der Waals surface area (Å²) in [5.41, 5.74) is 0.649. The molecular weight excluding hydrogens is 276 g/mol. The third kappa shape index (κ3) is 3.99.